The fourth-order valence-corrected chi connectivity index (χ4v) is 1.69. The molecule has 2 aromatic rings. The molecule has 0 unspecified atom stereocenters. The maximum Gasteiger partial charge on any atom is 0.416 e. The minimum Gasteiger partial charge on any atom is -0.284 e. The number of hydrogen-bond donors (Lipinski definition) is 0. The van der Waals surface area contributed by atoms with Crippen molar-refractivity contribution in [1.29, 1.82) is 0 Å². The normalized spacial score (nSPS) is 11.6. The van der Waals surface area contributed by atoms with Gasteiger partial charge in [0, 0.05) is 12.3 Å². The lowest BCUT2D eigenvalue weighted by Crippen LogP contribution is -2.20. The van der Waals surface area contributed by atoms with Crippen LogP contribution in [0.25, 0.3) is 5.69 Å². The molecule has 1 heterocycles. The van der Waals surface area contributed by atoms with Crippen molar-refractivity contribution in [2.45, 2.75) is 13.1 Å². The van der Waals surface area contributed by atoms with Gasteiger partial charge in [0.1, 0.15) is 0 Å². The largest absolute Gasteiger partial charge is 0.416 e. The Morgan fingerprint density at radius 2 is 1.78 bits per heavy atom. The summed E-state index contributed by atoms with van der Waals surface area (Å²) in [6, 6.07) is 8.50. The van der Waals surface area contributed by atoms with Crippen LogP contribution in [-0.4, -0.2) is 4.57 Å². The van der Waals surface area contributed by atoms with Gasteiger partial charge in [-0.3, -0.25) is 9.36 Å². The molecule has 0 N–H and O–H groups in total. The van der Waals surface area contributed by atoms with Crippen molar-refractivity contribution in [3.8, 4) is 5.69 Å². The highest BCUT2D eigenvalue weighted by Crippen LogP contribution is 2.28. The van der Waals surface area contributed by atoms with E-state index in [4.69, 9.17) is 0 Å². The Balaban J connectivity index is 2.56. The number of rotatable bonds is 1. The molecule has 2 nitrogen and oxygen atoms in total. The molecule has 0 bridgehead atoms. The Morgan fingerprint density at radius 1 is 1.11 bits per heavy atom. The fourth-order valence-electron chi connectivity index (χ4n) is 1.69. The molecule has 0 fully saturated rings. The highest BCUT2D eigenvalue weighted by molar-refractivity contribution is 5.40. The summed E-state index contributed by atoms with van der Waals surface area (Å²) in [5.41, 5.74) is -0.230. The number of benzene rings is 1. The van der Waals surface area contributed by atoms with Gasteiger partial charge in [0.2, 0.25) is 0 Å². The van der Waals surface area contributed by atoms with E-state index in [9.17, 15) is 18.0 Å². The summed E-state index contributed by atoms with van der Waals surface area (Å²) in [4.78, 5) is 11.7. The summed E-state index contributed by atoms with van der Waals surface area (Å²) < 4.78 is 38.5. The van der Waals surface area contributed by atoms with Gasteiger partial charge >= 0.3 is 6.18 Å². The zero-order chi connectivity index (χ0) is 13.3. The average molecular weight is 253 g/mol. The molecule has 18 heavy (non-hydrogen) atoms. The fraction of sp³-hybridized carbons (Fsp3) is 0.154. The summed E-state index contributed by atoms with van der Waals surface area (Å²) in [6.45, 7) is 1.79. The van der Waals surface area contributed by atoms with Crippen LogP contribution in [0.1, 0.15) is 11.1 Å². The predicted molar refractivity (Wildman–Crippen MR) is 61.8 cm³/mol. The first-order valence-corrected chi connectivity index (χ1v) is 5.25. The first-order chi connectivity index (χ1) is 8.39. The molecule has 0 radical (unpaired) electrons. The third kappa shape index (κ3) is 2.30. The molecule has 0 aliphatic heterocycles. The van der Waals surface area contributed by atoms with Gasteiger partial charge in [-0.2, -0.15) is 13.2 Å². The first kappa shape index (κ1) is 12.4. The summed E-state index contributed by atoms with van der Waals surface area (Å²) in [7, 11) is 0. The summed E-state index contributed by atoms with van der Waals surface area (Å²) >= 11 is 0. The molecule has 1 aromatic carbocycles. The number of aromatic nitrogens is 1. The van der Waals surface area contributed by atoms with Crippen molar-refractivity contribution in [2.24, 2.45) is 0 Å². The number of nitrogens with zero attached hydrogens (tertiary/aromatic N) is 1. The minimum absolute atomic E-state index is 0.580. The Hall–Kier alpha value is -2.04. The van der Waals surface area contributed by atoms with E-state index in [0.717, 1.165) is 17.8 Å². The standard InChI is InChI=1S/C13H10F3NO/c1-9-4-2-3-5-11(9)17-7-6-10(8-12(17)18)13(14,15)16/h2-8H,1H3. The SMILES string of the molecule is Cc1ccccc1-n1ccc(C(F)(F)F)cc1=O. The van der Waals surface area contributed by atoms with Crippen LogP contribution >= 0.6 is 0 Å². The quantitative estimate of drug-likeness (QED) is 0.765. The molecule has 5 heteroatoms. The zero-order valence-corrected chi connectivity index (χ0v) is 9.53. The van der Waals surface area contributed by atoms with Crippen molar-refractivity contribution in [3.63, 3.8) is 0 Å². The number of aryl methyl sites for hydroxylation is 1. The number of hydrogen-bond acceptors (Lipinski definition) is 1. The Morgan fingerprint density at radius 3 is 2.33 bits per heavy atom. The second-order valence-corrected chi connectivity index (χ2v) is 3.91. The van der Waals surface area contributed by atoms with Crippen LogP contribution in [0.4, 0.5) is 13.2 Å². The Labute approximate surface area is 101 Å². The molecular formula is C13H10F3NO. The molecule has 0 aliphatic rings. The third-order valence-electron chi connectivity index (χ3n) is 2.62. The highest BCUT2D eigenvalue weighted by atomic mass is 19.4. The average Bonchev–Trinajstić information content (AvgIpc) is 2.29. The van der Waals surface area contributed by atoms with Gasteiger partial charge < -0.3 is 0 Å². The Bertz CT molecular complexity index is 629. The van der Waals surface area contributed by atoms with Gasteiger partial charge in [0.15, 0.2) is 0 Å². The van der Waals surface area contributed by atoms with Crippen LogP contribution < -0.4 is 5.56 Å². The lowest BCUT2D eigenvalue weighted by molar-refractivity contribution is -0.137. The van der Waals surface area contributed by atoms with Gasteiger partial charge in [-0.1, -0.05) is 18.2 Å². The molecule has 0 aliphatic carbocycles. The van der Waals surface area contributed by atoms with E-state index in [-0.39, 0.29) is 0 Å². The van der Waals surface area contributed by atoms with Gasteiger partial charge in [0.25, 0.3) is 5.56 Å². The van der Waals surface area contributed by atoms with Crippen LogP contribution in [0.15, 0.2) is 47.4 Å². The van der Waals surface area contributed by atoms with E-state index >= 15 is 0 Å². The molecular weight excluding hydrogens is 243 g/mol. The maximum atomic E-state index is 12.4. The van der Waals surface area contributed by atoms with E-state index < -0.39 is 17.3 Å². The molecule has 1 aromatic heterocycles. The van der Waals surface area contributed by atoms with Crippen molar-refractivity contribution in [2.75, 3.05) is 0 Å². The molecule has 0 saturated carbocycles. The molecule has 94 valence electrons. The summed E-state index contributed by atoms with van der Waals surface area (Å²) in [5, 5.41) is 0. The zero-order valence-electron chi connectivity index (χ0n) is 9.53. The van der Waals surface area contributed by atoms with Gasteiger partial charge in [0.05, 0.1) is 11.3 Å². The second-order valence-electron chi connectivity index (χ2n) is 3.91. The van der Waals surface area contributed by atoms with Gasteiger partial charge in [-0.05, 0) is 24.6 Å². The summed E-state index contributed by atoms with van der Waals surface area (Å²) in [6.07, 6.45) is -3.35. The molecule has 0 atom stereocenters. The lowest BCUT2D eigenvalue weighted by atomic mass is 10.2. The van der Waals surface area contributed by atoms with Gasteiger partial charge in [-0.25, -0.2) is 0 Å². The monoisotopic (exact) mass is 253 g/mol. The van der Waals surface area contributed by atoms with Gasteiger partial charge in [-0.15, -0.1) is 0 Å². The van der Waals surface area contributed by atoms with E-state index in [1.807, 2.05) is 0 Å². The number of pyridine rings is 1. The van der Waals surface area contributed by atoms with E-state index in [1.54, 1.807) is 31.2 Å². The van der Waals surface area contributed by atoms with E-state index in [1.165, 1.54) is 4.57 Å². The van der Waals surface area contributed by atoms with Crippen molar-refractivity contribution in [1.82, 2.24) is 4.57 Å². The molecule has 2 rings (SSSR count). The summed E-state index contributed by atoms with van der Waals surface area (Å²) in [5.74, 6) is 0. The minimum atomic E-state index is -4.50. The molecule has 0 spiro atoms. The van der Waals surface area contributed by atoms with E-state index in [0.29, 0.717) is 11.8 Å². The van der Waals surface area contributed by atoms with Crippen LogP contribution in [0.5, 0.6) is 0 Å². The molecule has 0 saturated heterocycles. The number of halogens is 3. The van der Waals surface area contributed by atoms with Crippen LogP contribution in [-0.2, 0) is 6.18 Å². The van der Waals surface area contributed by atoms with Crippen LogP contribution in [0, 0.1) is 6.92 Å². The van der Waals surface area contributed by atoms with Crippen molar-refractivity contribution >= 4 is 0 Å². The lowest BCUT2D eigenvalue weighted by Gasteiger charge is -2.11. The highest BCUT2D eigenvalue weighted by Gasteiger charge is 2.30. The van der Waals surface area contributed by atoms with Crippen LogP contribution in [0.3, 0.4) is 0 Å². The van der Waals surface area contributed by atoms with Crippen molar-refractivity contribution < 1.29 is 13.2 Å². The molecule has 0 amide bonds. The van der Waals surface area contributed by atoms with Crippen LogP contribution in [0.2, 0.25) is 0 Å². The van der Waals surface area contributed by atoms with Crippen molar-refractivity contribution in [3.05, 3.63) is 64.1 Å². The Kier molecular flexibility index (Phi) is 2.98. The third-order valence-corrected chi connectivity index (χ3v) is 2.62. The smallest absolute Gasteiger partial charge is 0.284 e. The second kappa shape index (κ2) is 4.33. The maximum absolute atomic E-state index is 12.4. The first-order valence-electron chi connectivity index (χ1n) is 5.25. The topological polar surface area (TPSA) is 22.0 Å². The number of alkyl halides is 3. The predicted octanol–water partition coefficient (Wildman–Crippen LogP) is 3.16. The van der Waals surface area contributed by atoms with E-state index in [2.05, 4.69) is 0 Å². The number of para-hydroxylation sites is 1.